The molecule has 1 N–H and O–H groups in total. The van der Waals surface area contributed by atoms with Crippen LogP contribution in [0.5, 0.6) is 0 Å². The van der Waals surface area contributed by atoms with Crippen LogP contribution in [0, 0.1) is 0 Å². The van der Waals surface area contributed by atoms with E-state index in [2.05, 4.69) is 5.32 Å². The monoisotopic (exact) mass is 334 g/mol. The summed E-state index contributed by atoms with van der Waals surface area (Å²) in [6, 6.07) is 7.63. The number of thioether (sulfide) groups is 1. The van der Waals surface area contributed by atoms with Crippen molar-refractivity contribution in [1.82, 2.24) is 10.2 Å². The number of benzene rings is 1. The second-order valence-corrected chi connectivity index (χ2v) is 6.49. The lowest BCUT2D eigenvalue weighted by atomic mass is 10.3. The van der Waals surface area contributed by atoms with Gasteiger partial charge in [-0.05, 0) is 44.2 Å². The first kappa shape index (κ1) is 17.6. The maximum atomic E-state index is 12.4. The third kappa shape index (κ3) is 5.17. The number of nitrogens with zero attached hydrogens (tertiary/aromatic N) is 1. The van der Waals surface area contributed by atoms with Gasteiger partial charge in [0.2, 0.25) is 5.91 Å². The lowest BCUT2D eigenvalue weighted by Gasteiger charge is -2.23. The Bertz CT molecular complexity index is 420. The fraction of sp³-hybridized carbons (Fsp3) is 0.500. The van der Waals surface area contributed by atoms with Crippen molar-refractivity contribution in [3.63, 3.8) is 0 Å². The molecule has 1 aromatic rings. The Morgan fingerprint density at radius 3 is 2.70 bits per heavy atom. The van der Waals surface area contributed by atoms with Crippen LogP contribution in [-0.4, -0.2) is 42.2 Å². The minimum absolute atomic E-state index is 0. The van der Waals surface area contributed by atoms with Gasteiger partial charge in [0.05, 0.1) is 5.25 Å². The molecule has 0 aliphatic carbocycles. The summed E-state index contributed by atoms with van der Waals surface area (Å²) in [5.74, 6) is 0.226. The Labute approximate surface area is 135 Å². The summed E-state index contributed by atoms with van der Waals surface area (Å²) in [5, 5.41) is 3.98. The van der Waals surface area contributed by atoms with E-state index in [1.165, 1.54) is 0 Å². The van der Waals surface area contributed by atoms with Crippen LogP contribution >= 0.6 is 35.8 Å². The van der Waals surface area contributed by atoms with E-state index in [4.69, 9.17) is 11.6 Å². The number of carbonyl (C=O) groups excluding carboxylic acids is 1. The van der Waals surface area contributed by atoms with Gasteiger partial charge in [0.1, 0.15) is 0 Å². The van der Waals surface area contributed by atoms with Crippen LogP contribution in [0.2, 0.25) is 5.02 Å². The topological polar surface area (TPSA) is 32.3 Å². The third-order valence-electron chi connectivity index (χ3n) is 3.13. The zero-order chi connectivity index (χ0) is 13.7. The SMILES string of the molecule is CC(Sc1ccc(Cl)cc1)C(=O)N1CCCNCC1.Cl. The molecule has 1 saturated heterocycles. The first-order valence-corrected chi connectivity index (χ1v) is 7.84. The van der Waals surface area contributed by atoms with Gasteiger partial charge >= 0.3 is 0 Å². The molecule has 0 bridgehead atoms. The summed E-state index contributed by atoms with van der Waals surface area (Å²) in [6.45, 7) is 5.54. The van der Waals surface area contributed by atoms with Crippen molar-refractivity contribution in [3.05, 3.63) is 29.3 Å². The van der Waals surface area contributed by atoms with E-state index in [0.29, 0.717) is 0 Å². The van der Waals surface area contributed by atoms with Gasteiger partial charge in [-0.2, -0.15) is 0 Å². The van der Waals surface area contributed by atoms with Crippen molar-refractivity contribution in [1.29, 1.82) is 0 Å². The molecular weight excluding hydrogens is 315 g/mol. The Morgan fingerprint density at radius 1 is 1.30 bits per heavy atom. The molecular formula is C14H20Cl2N2OS. The van der Waals surface area contributed by atoms with Crippen LogP contribution in [0.15, 0.2) is 29.2 Å². The van der Waals surface area contributed by atoms with E-state index in [-0.39, 0.29) is 23.6 Å². The largest absolute Gasteiger partial charge is 0.340 e. The Kier molecular flexibility index (Phi) is 7.74. The molecule has 1 amide bonds. The maximum Gasteiger partial charge on any atom is 0.235 e. The van der Waals surface area contributed by atoms with Crippen molar-refractivity contribution < 1.29 is 4.79 Å². The molecule has 1 aromatic carbocycles. The molecule has 0 radical (unpaired) electrons. The molecule has 1 heterocycles. The third-order valence-corrected chi connectivity index (χ3v) is 4.48. The number of rotatable bonds is 3. The molecule has 112 valence electrons. The Morgan fingerprint density at radius 2 is 2.00 bits per heavy atom. The lowest BCUT2D eigenvalue weighted by molar-refractivity contribution is -0.130. The minimum Gasteiger partial charge on any atom is -0.340 e. The predicted octanol–water partition coefficient (Wildman–Crippen LogP) is 3.06. The van der Waals surface area contributed by atoms with Gasteiger partial charge in [-0.3, -0.25) is 4.79 Å². The van der Waals surface area contributed by atoms with E-state index in [9.17, 15) is 4.79 Å². The molecule has 0 saturated carbocycles. The highest BCUT2D eigenvalue weighted by Gasteiger charge is 2.21. The number of hydrogen-bond acceptors (Lipinski definition) is 3. The van der Waals surface area contributed by atoms with Gasteiger partial charge in [-0.25, -0.2) is 0 Å². The van der Waals surface area contributed by atoms with Gasteiger partial charge in [0.15, 0.2) is 0 Å². The number of hydrogen-bond donors (Lipinski definition) is 1. The Balaban J connectivity index is 0.00000200. The van der Waals surface area contributed by atoms with E-state index in [1.54, 1.807) is 11.8 Å². The number of carbonyl (C=O) groups is 1. The van der Waals surface area contributed by atoms with Crippen molar-refractivity contribution in [2.75, 3.05) is 26.2 Å². The molecule has 1 unspecified atom stereocenters. The molecule has 0 spiro atoms. The van der Waals surface area contributed by atoms with Crippen LogP contribution in [0.4, 0.5) is 0 Å². The second-order valence-electron chi connectivity index (χ2n) is 4.64. The molecule has 6 heteroatoms. The summed E-state index contributed by atoms with van der Waals surface area (Å²) in [5.41, 5.74) is 0. The first-order valence-electron chi connectivity index (χ1n) is 6.58. The van der Waals surface area contributed by atoms with Gasteiger partial charge in [-0.15, -0.1) is 24.2 Å². The van der Waals surface area contributed by atoms with Gasteiger partial charge < -0.3 is 10.2 Å². The number of nitrogens with one attached hydrogen (secondary N) is 1. The smallest absolute Gasteiger partial charge is 0.235 e. The molecule has 20 heavy (non-hydrogen) atoms. The van der Waals surface area contributed by atoms with Crippen molar-refractivity contribution in [2.24, 2.45) is 0 Å². The summed E-state index contributed by atoms with van der Waals surface area (Å²) in [4.78, 5) is 15.4. The standard InChI is InChI=1S/C14H19ClN2OS.ClH/c1-11(19-13-5-3-12(15)4-6-13)14(18)17-9-2-7-16-8-10-17;/h3-6,11,16H,2,7-10H2,1H3;1H. The molecule has 0 aromatic heterocycles. The first-order chi connectivity index (χ1) is 9.16. The van der Waals surface area contributed by atoms with Crippen LogP contribution in [-0.2, 0) is 4.79 Å². The normalized spacial score (nSPS) is 17.0. The summed E-state index contributed by atoms with van der Waals surface area (Å²) < 4.78 is 0. The van der Waals surface area contributed by atoms with E-state index in [1.807, 2.05) is 36.1 Å². The van der Waals surface area contributed by atoms with Gasteiger partial charge in [0.25, 0.3) is 0 Å². The van der Waals surface area contributed by atoms with Crippen molar-refractivity contribution >= 4 is 41.7 Å². The van der Waals surface area contributed by atoms with Gasteiger partial charge in [-0.1, -0.05) is 11.6 Å². The fourth-order valence-corrected chi connectivity index (χ4v) is 3.17. The van der Waals surface area contributed by atoms with E-state index >= 15 is 0 Å². The van der Waals surface area contributed by atoms with Crippen LogP contribution in [0.1, 0.15) is 13.3 Å². The fourth-order valence-electron chi connectivity index (χ4n) is 2.09. The average molecular weight is 335 g/mol. The van der Waals surface area contributed by atoms with Crippen LogP contribution < -0.4 is 5.32 Å². The van der Waals surface area contributed by atoms with Gasteiger partial charge in [0, 0.05) is 29.6 Å². The molecule has 3 nitrogen and oxygen atoms in total. The average Bonchev–Trinajstić information content (AvgIpc) is 2.69. The highest BCUT2D eigenvalue weighted by molar-refractivity contribution is 8.00. The van der Waals surface area contributed by atoms with Crippen molar-refractivity contribution in [3.8, 4) is 0 Å². The molecule has 1 aliphatic rings. The predicted molar refractivity (Wildman–Crippen MR) is 88.1 cm³/mol. The maximum absolute atomic E-state index is 12.4. The van der Waals surface area contributed by atoms with Crippen molar-refractivity contribution in [2.45, 2.75) is 23.5 Å². The quantitative estimate of drug-likeness (QED) is 0.862. The van der Waals surface area contributed by atoms with Crippen LogP contribution in [0.3, 0.4) is 0 Å². The van der Waals surface area contributed by atoms with E-state index < -0.39 is 0 Å². The summed E-state index contributed by atoms with van der Waals surface area (Å²) in [6.07, 6.45) is 1.03. The molecule has 1 atom stereocenters. The minimum atomic E-state index is -0.0562. The Hall–Kier alpha value is -0.420. The molecule has 2 rings (SSSR count). The number of amides is 1. The van der Waals surface area contributed by atoms with E-state index in [0.717, 1.165) is 42.5 Å². The second kappa shape index (κ2) is 8.78. The zero-order valence-electron chi connectivity index (χ0n) is 11.5. The zero-order valence-corrected chi connectivity index (χ0v) is 13.9. The highest BCUT2D eigenvalue weighted by atomic mass is 35.5. The lowest BCUT2D eigenvalue weighted by Crippen LogP contribution is -2.38. The molecule has 1 fully saturated rings. The van der Waals surface area contributed by atoms with Crippen LogP contribution in [0.25, 0.3) is 0 Å². The highest BCUT2D eigenvalue weighted by Crippen LogP contribution is 2.25. The molecule has 1 aliphatic heterocycles. The number of halogens is 2. The summed E-state index contributed by atoms with van der Waals surface area (Å²) in [7, 11) is 0. The summed E-state index contributed by atoms with van der Waals surface area (Å²) >= 11 is 7.45.